The van der Waals surface area contributed by atoms with Gasteiger partial charge in [-0.25, -0.2) is 4.98 Å². The Labute approximate surface area is 110 Å². The van der Waals surface area contributed by atoms with E-state index < -0.39 is 0 Å². The smallest absolute Gasteiger partial charge is 0.128 e. The van der Waals surface area contributed by atoms with Crippen LogP contribution in [0.1, 0.15) is 31.7 Å². The largest absolute Gasteiger partial charge is 0.357 e. The van der Waals surface area contributed by atoms with E-state index in [2.05, 4.69) is 39.2 Å². The Hall–Kier alpha value is -1.53. The monoisotopic (exact) mass is 243 g/mol. The molecule has 0 aliphatic carbocycles. The van der Waals surface area contributed by atoms with Gasteiger partial charge in [0.05, 0.1) is 6.04 Å². The van der Waals surface area contributed by atoms with Crippen LogP contribution in [0.2, 0.25) is 0 Å². The minimum Gasteiger partial charge on any atom is -0.357 e. The number of hydrogen-bond donors (Lipinski definition) is 1. The van der Waals surface area contributed by atoms with Crippen molar-refractivity contribution in [2.24, 2.45) is 0 Å². The van der Waals surface area contributed by atoms with Gasteiger partial charge >= 0.3 is 0 Å². The van der Waals surface area contributed by atoms with Gasteiger partial charge in [0, 0.05) is 24.8 Å². The summed E-state index contributed by atoms with van der Waals surface area (Å²) >= 11 is 0. The molecule has 0 amide bonds. The molecule has 3 nitrogen and oxygen atoms in total. The molecule has 0 radical (unpaired) electrons. The van der Waals surface area contributed by atoms with Crippen molar-refractivity contribution >= 4 is 5.82 Å². The number of pyridine rings is 1. The summed E-state index contributed by atoms with van der Waals surface area (Å²) in [4.78, 5) is 6.87. The van der Waals surface area contributed by atoms with E-state index in [0.29, 0.717) is 0 Å². The minimum absolute atomic E-state index is 0.215. The van der Waals surface area contributed by atoms with Gasteiger partial charge in [-0.05, 0) is 45.4 Å². The van der Waals surface area contributed by atoms with Crippen molar-refractivity contribution in [1.82, 2.24) is 10.3 Å². The van der Waals surface area contributed by atoms with Crippen LogP contribution in [0.5, 0.6) is 0 Å². The van der Waals surface area contributed by atoms with Crippen molar-refractivity contribution in [3.8, 4) is 11.8 Å². The highest BCUT2D eigenvalue weighted by Crippen LogP contribution is 2.17. The number of nitrogens with one attached hydrogen (secondary N) is 1. The van der Waals surface area contributed by atoms with Crippen molar-refractivity contribution in [2.75, 3.05) is 25.0 Å². The van der Waals surface area contributed by atoms with Crippen molar-refractivity contribution in [3.63, 3.8) is 0 Å². The second kappa shape index (κ2) is 6.42. The van der Waals surface area contributed by atoms with Crippen LogP contribution in [0.25, 0.3) is 0 Å². The zero-order valence-corrected chi connectivity index (χ0v) is 11.2. The molecule has 0 bridgehead atoms. The van der Waals surface area contributed by atoms with Crippen LogP contribution < -0.4 is 10.2 Å². The summed E-state index contributed by atoms with van der Waals surface area (Å²) in [7, 11) is 1.91. The van der Waals surface area contributed by atoms with E-state index in [9.17, 15) is 0 Å². The van der Waals surface area contributed by atoms with Crippen LogP contribution in [0.15, 0.2) is 18.3 Å². The Kier molecular flexibility index (Phi) is 4.60. The number of aromatic nitrogens is 1. The SMILES string of the molecule is CNC(C)C#Cc1ccc(N2CCCCC2)nc1. The molecule has 1 atom stereocenters. The second-order valence-corrected chi connectivity index (χ2v) is 4.73. The third-order valence-corrected chi connectivity index (χ3v) is 3.29. The Balaban J connectivity index is 2.02. The fourth-order valence-electron chi connectivity index (χ4n) is 2.03. The predicted molar refractivity (Wildman–Crippen MR) is 75.7 cm³/mol. The quantitative estimate of drug-likeness (QED) is 0.806. The second-order valence-electron chi connectivity index (χ2n) is 4.73. The topological polar surface area (TPSA) is 28.2 Å². The van der Waals surface area contributed by atoms with E-state index in [1.807, 2.05) is 20.2 Å². The number of nitrogens with zero attached hydrogens (tertiary/aromatic N) is 2. The maximum absolute atomic E-state index is 4.51. The summed E-state index contributed by atoms with van der Waals surface area (Å²) in [5.41, 5.74) is 0.984. The molecule has 0 saturated carbocycles. The maximum Gasteiger partial charge on any atom is 0.128 e. The summed E-state index contributed by atoms with van der Waals surface area (Å²) in [6.45, 7) is 4.31. The van der Waals surface area contributed by atoms with Gasteiger partial charge in [-0.2, -0.15) is 0 Å². The maximum atomic E-state index is 4.51. The highest BCUT2D eigenvalue weighted by atomic mass is 15.2. The third-order valence-electron chi connectivity index (χ3n) is 3.29. The summed E-state index contributed by atoms with van der Waals surface area (Å²) < 4.78 is 0. The average molecular weight is 243 g/mol. The Bertz CT molecular complexity index is 421. The van der Waals surface area contributed by atoms with Gasteiger partial charge in [0.25, 0.3) is 0 Å². The van der Waals surface area contributed by atoms with E-state index in [1.165, 1.54) is 19.3 Å². The van der Waals surface area contributed by atoms with Gasteiger partial charge in [0.1, 0.15) is 5.82 Å². The molecule has 1 N–H and O–H groups in total. The highest BCUT2D eigenvalue weighted by Gasteiger charge is 2.11. The number of hydrogen-bond acceptors (Lipinski definition) is 3. The Morgan fingerprint density at radius 3 is 2.67 bits per heavy atom. The normalized spacial score (nSPS) is 16.9. The molecule has 18 heavy (non-hydrogen) atoms. The van der Waals surface area contributed by atoms with E-state index in [0.717, 1.165) is 24.5 Å². The third kappa shape index (κ3) is 3.48. The Morgan fingerprint density at radius 1 is 1.28 bits per heavy atom. The molecule has 1 fully saturated rings. The fraction of sp³-hybridized carbons (Fsp3) is 0.533. The van der Waals surface area contributed by atoms with E-state index in [-0.39, 0.29) is 6.04 Å². The number of piperidine rings is 1. The van der Waals surface area contributed by atoms with E-state index >= 15 is 0 Å². The molecule has 1 aliphatic rings. The lowest BCUT2D eigenvalue weighted by Crippen LogP contribution is -2.30. The minimum atomic E-state index is 0.215. The zero-order valence-electron chi connectivity index (χ0n) is 11.2. The molecule has 1 saturated heterocycles. The van der Waals surface area contributed by atoms with Crippen LogP contribution in [0.4, 0.5) is 5.82 Å². The molecule has 1 aromatic heterocycles. The summed E-state index contributed by atoms with van der Waals surface area (Å²) in [6.07, 6.45) is 5.78. The van der Waals surface area contributed by atoms with Gasteiger partial charge in [0.2, 0.25) is 0 Å². The van der Waals surface area contributed by atoms with Crippen LogP contribution >= 0.6 is 0 Å². The van der Waals surface area contributed by atoms with Gasteiger partial charge in [-0.1, -0.05) is 11.8 Å². The van der Waals surface area contributed by atoms with Crippen LogP contribution in [-0.2, 0) is 0 Å². The van der Waals surface area contributed by atoms with E-state index in [4.69, 9.17) is 0 Å². The average Bonchev–Trinajstić information content (AvgIpc) is 2.46. The first kappa shape index (κ1) is 12.9. The van der Waals surface area contributed by atoms with Crippen LogP contribution in [-0.4, -0.2) is 31.2 Å². The zero-order chi connectivity index (χ0) is 12.8. The molecule has 0 spiro atoms. The molecule has 1 aliphatic heterocycles. The predicted octanol–water partition coefficient (Wildman–Crippen LogP) is 2.03. The lowest BCUT2D eigenvalue weighted by Gasteiger charge is -2.27. The molecule has 1 aromatic rings. The lowest BCUT2D eigenvalue weighted by atomic mass is 10.1. The molecule has 1 unspecified atom stereocenters. The molecule has 96 valence electrons. The van der Waals surface area contributed by atoms with Gasteiger partial charge in [0.15, 0.2) is 0 Å². The van der Waals surface area contributed by atoms with Crippen LogP contribution in [0.3, 0.4) is 0 Å². The first-order valence-electron chi connectivity index (χ1n) is 6.69. The molecular formula is C15H21N3. The summed E-state index contributed by atoms with van der Waals surface area (Å²) in [5, 5.41) is 3.10. The Morgan fingerprint density at radius 2 is 2.06 bits per heavy atom. The van der Waals surface area contributed by atoms with Crippen LogP contribution in [0, 0.1) is 11.8 Å². The number of anilines is 1. The van der Waals surface area contributed by atoms with Crippen molar-refractivity contribution in [2.45, 2.75) is 32.2 Å². The first-order valence-corrected chi connectivity index (χ1v) is 6.69. The van der Waals surface area contributed by atoms with E-state index in [1.54, 1.807) is 0 Å². The molecule has 2 rings (SSSR count). The fourth-order valence-corrected chi connectivity index (χ4v) is 2.03. The van der Waals surface area contributed by atoms with Crippen molar-refractivity contribution in [1.29, 1.82) is 0 Å². The van der Waals surface area contributed by atoms with Crippen molar-refractivity contribution < 1.29 is 0 Å². The molecule has 2 heterocycles. The molecular weight excluding hydrogens is 222 g/mol. The van der Waals surface area contributed by atoms with Gasteiger partial charge in [-0.3, -0.25) is 0 Å². The summed E-state index contributed by atoms with van der Waals surface area (Å²) in [6, 6.07) is 4.36. The summed E-state index contributed by atoms with van der Waals surface area (Å²) in [5.74, 6) is 7.35. The molecule has 3 heteroatoms. The lowest BCUT2D eigenvalue weighted by molar-refractivity contribution is 0.573. The first-order chi connectivity index (χ1) is 8.79. The van der Waals surface area contributed by atoms with Gasteiger partial charge in [-0.15, -0.1) is 0 Å². The van der Waals surface area contributed by atoms with Gasteiger partial charge < -0.3 is 10.2 Å². The van der Waals surface area contributed by atoms with Crippen molar-refractivity contribution in [3.05, 3.63) is 23.9 Å². The standard InChI is InChI=1S/C15H21N3/c1-13(16-2)6-7-14-8-9-15(17-12-14)18-10-4-3-5-11-18/h8-9,12-13,16H,3-5,10-11H2,1-2H3. The highest BCUT2D eigenvalue weighted by molar-refractivity contribution is 5.43. The molecule has 0 aromatic carbocycles. The number of rotatable bonds is 2.